The van der Waals surface area contributed by atoms with Gasteiger partial charge in [0.15, 0.2) is 0 Å². The van der Waals surface area contributed by atoms with E-state index in [-0.39, 0.29) is 11.4 Å². The second kappa shape index (κ2) is 4.71. The van der Waals surface area contributed by atoms with Gasteiger partial charge in [-0.3, -0.25) is 4.57 Å². The first kappa shape index (κ1) is 13.1. The maximum atomic E-state index is 13.1. The zero-order chi connectivity index (χ0) is 13.3. The molecule has 5 heteroatoms. The van der Waals surface area contributed by atoms with Gasteiger partial charge in [0, 0.05) is 0 Å². The lowest BCUT2D eigenvalue weighted by molar-refractivity contribution is 0.424. The van der Waals surface area contributed by atoms with E-state index in [1.54, 1.807) is 18.6 Å². The summed E-state index contributed by atoms with van der Waals surface area (Å²) in [5, 5.41) is 3.57. The molecule has 0 aliphatic carbocycles. The van der Waals surface area contributed by atoms with Crippen molar-refractivity contribution in [1.29, 1.82) is 0 Å². The third kappa shape index (κ3) is 2.26. The number of aromatic nitrogens is 2. The van der Waals surface area contributed by atoms with Crippen molar-refractivity contribution in [2.45, 2.75) is 19.4 Å². The maximum absolute atomic E-state index is 13.1. The number of hydrogen-bond acceptors (Lipinski definition) is 2. The largest absolute Gasteiger partial charge is 0.310 e. The average molecular weight is 268 g/mol. The standard InChI is InChI=1S/C13H15ClFN3/c1-13(2,16-3)12-7-17-8-18(12)11-5-4-9(15)6-10(11)14/h4-8,16H,1-3H3. The van der Waals surface area contributed by atoms with Crippen molar-refractivity contribution in [1.82, 2.24) is 14.9 Å². The van der Waals surface area contributed by atoms with E-state index in [4.69, 9.17) is 11.6 Å². The van der Waals surface area contributed by atoms with Crippen LogP contribution < -0.4 is 5.32 Å². The molecule has 0 bridgehead atoms. The first-order valence-electron chi connectivity index (χ1n) is 5.63. The van der Waals surface area contributed by atoms with Crippen LogP contribution in [0.25, 0.3) is 5.69 Å². The van der Waals surface area contributed by atoms with E-state index >= 15 is 0 Å². The summed E-state index contributed by atoms with van der Waals surface area (Å²) in [6, 6.07) is 4.33. The van der Waals surface area contributed by atoms with Gasteiger partial charge in [-0.1, -0.05) is 11.6 Å². The second-order valence-corrected chi connectivity index (χ2v) is 5.03. The third-order valence-corrected chi connectivity index (χ3v) is 3.38. The molecule has 1 heterocycles. The van der Waals surface area contributed by atoms with E-state index in [0.717, 1.165) is 5.69 Å². The Morgan fingerprint density at radius 3 is 2.72 bits per heavy atom. The topological polar surface area (TPSA) is 29.9 Å². The lowest BCUT2D eigenvalue weighted by Gasteiger charge is -2.25. The first-order chi connectivity index (χ1) is 8.45. The van der Waals surface area contributed by atoms with Crippen LogP contribution in [0.3, 0.4) is 0 Å². The second-order valence-electron chi connectivity index (χ2n) is 4.62. The van der Waals surface area contributed by atoms with Crippen molar-refractivity contribution in [2.75, 3.05) is 7.05 Å². The Morgan fingerprint density at radius 2 is 2.11 bits per heavy atom. The minimum Gasteiger partial charge on any atom is -0.310 e. The summed E-state index contributed by atoms with van der Waals surface area (Å²) in [6.07, 6.45) is 3.45. The van der Waals surface area contributed by atoms with E-state index in [9.17, 15) is 4.39 Å². The lowest BCUT2D eigenvalue weighted by atomic mass is 10.0. The van der Waals surface area contributed by atoms with Crippen molar-refractivity contribution in [2.24, 2.45) is 0 Å². The maximum Gasteiger partial charge on any atom is 0.124 e. The van der Waals surface area contributed by atoms with Crippen LogP contribution >= 0.6 is 11.6 Å². The van der Waals surface area contributed by atoms with Crippen LogP contribution in [0.4, 0.5) is 4.39 Å². The molecule has 1 aromatic heterocycles. The molecular formula is C13H15ClFN3. The molecule has 2 aromatic rings. The highest BCUT2D eigenvalue weighted by Crippen LogP contribution is 2.27. The minimum atomic E-state index is -0.349. The van der Waals surface area contributed by atoms with Gasteiger partial charge in [0.25, 0.3) is 0 Å². The van der Waals surface area contributed by atoms with Crippen molar-refractivity contribution < 1.29 is 4.39 Å². The predicted octanol–water partition coefficient (Wildman–Crippen LogP) is 3.12. The molecule has 0 spiro atoms. The summed E-state index contributed by atoms with van der Waals surface area (Å²) in [7, 11) is 1.88. The molecule has 0 saturated heterocycles. The molecule has 0 saturated carbocycles. The van der Waals surface area contributed by atoms with Crippen LogP contribution in [0.5, 0.6) is 0 Å². The van der Waals surface area contributed by atoms with Crippen molar-refractivity contribution in [3.63, 3.8) is 0 Å². The molecule has 3 nitrogen and oxygen atoms in total. The van der Waals surface area contributed by atoms with Gasteiger partial charge < -0.3 is 5.32 Å². The Morgan fingerprint density at radius 1 is 1.39 bits per heavy atom. The molecule has 0 atom stereocenters. The molecule has 0 unspecified atom stereocenters. The number of rotatable bonds is 3. The summed E-state index contributed by atoms with van der Waals surface area (Å²) in [5.74, 6) is -0.349. The minimum absolute atomic E-state index is 0.256. The summed E-state index contributed by atoms with van der Waals surface area (Å²) >= 11 is 6.08. The fraction of sp³-hybridized carbons (Fsp3) is 0.308. The van der Waals surface area contributed by atoms with Crippen LogP contribution in [-0.4, -0.2) is 16.6 Å². The van der Waals surface area contributed by atoms with E-state index in [1.165, 1.54) is 12.1 Å². The lowest BCUT2D eigenvalue weighted by Crippen LogP contribution is -2.35. The van der Waals surface area contributed by atoms with E-state index in [2.05, 4.69) is 10.3 Å². The van der Waals surface area contributed by atoms with Gasteiger partial charge in [0.2, 0.25) is 0 Å². The van der Waals surface area contributed by atoms with Crippen molar-refractivity contribution >= 4 is 11.6 Å². The van der Waals surface area contributed by atoms with Gasteiger partial charge >= 0.3 is 0 Å². The van der Waals surface area contributed by atoms with Crippen LogP contribution in [0, 0.1) is 5.82 Å². The Balaban J connectivity index is 2.56. The highest BCUT2D eigenvalue weighted by Gasteiger charge is 2.23. The summed E-state index contributed by atoms with van der Waals surface area (Å²) in [6.45, 7) is 4.08. The van der Waals surface area contributed by atoms with Crippen molar-refractivity contribution in [3.05, 3.63) is 47.3 Å². The molecular weight excluding hydrogens is 253 g/mol. The van der Waals surface area contributed by atoms with Crippen LogP contribution in [0.2, 0.25) is 5.02 Å². The van der Waals surface area contributed by atoms with Crippen LogP contribution in [-0.2, 0) is 5.54 Å². The number of halogens is 2. The Kier molecular flexibility index (Phi) is 3.41. The molecule has 0 aliphatic rings. The summed E-state index contributed by atoms with van der Waals surface area (Å²) in [4.78, 5) is 4.15. The van der Waals surface area contributed by atoms with Crippen LogP contribution in [0.15, 0.2) is 30.7 Å². The molecule has 0 radical (unpaired) electrons. The quantitative estimate of drug-likeness (QED) is 0.926. The SMILES string of the molecule is CNC(C)(C)c1cncn1-c1ccc(F)cc1Cl. The molecule has 0 aliphatic heterocycles. The molecule has 96 valence electrons. The fourth-order valence-corrected chi connectivity index (χ4v) is 2.01. The number of nitrogens with zero attached hydrogens (tertiary/aromatic N) is 2. The smallest absolute Gasteiger partial charge is 0.124 e. The van der Waals surface area contributed by atoms with E-state index in [0.29, 0.717) is 10.7 Å². The van der Waals surface area contributed by atoms with E-state index < -0.39 is 0 Å². The monoisotopic (exact) mass is 267 g/mol. The first-order valence-corrected chi connectivity index (χ1v) is 6.00. The molecule has 0 fully saturated rings. The summed E-state index contributed by atoms with van der Waals surface area (Å²) < 4.78 is 14.9. The molecule has 1 aromatic carbocycles. The zero-order valence-electron chi connectivity index (χ0n) is 10.5. The molecule has 2 rings (SSSR count). The highest BCUT2D eigenvalue weighted by atomic mass is 35.5. The predicted molar refractivity (Wildman–Crippen MR) is 70.6 cm³/mol. The molecule has 0 amide bonds. The van der Waals surface area contributed by atoms with E-state index in [1.807, 2.05) is 25.5 Å². The zero-order valence-corrected chi connectivity index (χ0v) is 11.3. The van der Waals surface area contributed by atoms with Gasteiger partial charge in [-0.2, -0.15) is 0 Å². The van der Waals surface area contributed by atoms with Gasteiger partial charge in [-0.25, -0.2) is 9.37 Å². The summed E-state index contributed by atoms with van der Waals surface area (Å²) in [5.41, 5.74) is 1.42. The highest BCUT2D eigenvalue weighted by molar-refractivity contribution is 6.32. The fourth-order valence-electron chi connectivity index (χ4n) is 1.75. The average Bonchev–Trinajstić information content (AvgIpc) is 2.78. The number of nitrogens with one attached hydrogen (secondary N) is 1. The van der Waals surface area contributed by atoms with Crippen molar-refractivity contribution in [3.8, 4) is 5.69 Å². The number of benzene rings is 1. The number of imidazole rings is 1. The third-order valence-electron chi connectivity index (χ3n) is 3.07. The Bertz CT molecular complexity index is 563. The Hall–Kier alpha value is -1.39. The van der Waals surface area contributed by atoms with Gasteiger partial charge in [-0.05, 0) is 39.1 Å². The Labute approximate surface area is 111 Å². The van der Waals surface area contributed by atoms with Gasteiger partial charge in [-0.15, -0.1) is 0 Å². The van der Waals surface area contributed by atoms with Gasteiger partial charge in [0.1, 0.15) is 5.82 Å². The molecule has 1 N–H and O–H groups in total. The van der Waals surface area contributed by atoms with Crippen LogP contribution in [0.1, 0.15) is 19.5 Å². The number of hydrogen-bond donors (Lipinski definition) is 1. The normalized spacial score (nSPS) is 11.8. The van der Waals surface area contributed by atoms with Gasteiger partial charge in [0.05, 0.1) is 34.5 Å². The molecule has 18 heavy (non-hydrogen) atoms.